The first-order valence-corrected chi connectivity index (χ1v) is 8.51. The summed E-state index contributed by atoms with van der Waals surface area (Å²) >= 11 is 0. The third kappa shape index (κ3) is 2.96. The van der Waals surface area contributed by atoms with Crippen molar-refractivity contribution in [1.29, 1.82) is 0 Å². The minimum absolute atomic E-state index is 0.0908. The van der Waals surface area contributed by atoms with Crippen molar-refractivity contribution in [2.45, 2.75) is 20.3 Å². The molecule has 1 aliphatic rings. The lowest BCUT2D eigenvalue weighted by molar-refractivity contribution is -0.137. The van der Waals surface area contributed by atoms with Gasteiger partial charge in [-0.15, -0.1) is 0 Å². The van der Waals surface area contributed by atoms with Crippen molar-refractivity contribution in [3.63, 3.8) is 0 Å². The number of Topliss-reactive ketones (excluding diaryl/α,β-unsaturated/α-hetero) is 1. The van der Waals surface area contributed by atoms with Gasteiger partial charge in [0, 0.05) is 36.5 Å². The molecular weight excluding hydrogens is 334 g/mol. The molecule has 1 aromatic carbocycles. The quantitative estimate of drug-likeness (QED) is 0.833. The molecule has 1 N–H and O–H groups in total. The largest absolute Gasteiger partial charge is 0.480 e. The Morgan fingerprint density at radius 2 is 2.04 bits per heavy atom. The zero-order valence-electron chi connectivity index (χ0n) is 14.6. The van der Waals surface area contributed by atoms with E-state index in [2.05, 4.69) is 9.98 Å². The molecule has 1 aromatic heterocycles. The van der Waals surface area contributed by atoms with E-state index in [0.29, 0.717) is 35.2 Å². The summed E-state index contributed by atoms with van der Waals surface area (Å²) in [6.07, 6.45) is 3.48. The molecule has 1 aliphatic heterocycles. The van der Waals surface area contributed by atoms with Crippen LogP contribution in [0.2, 0.25) is 0 Å². The Morgan fingerprint density at radius 1 is 1.27 bits per heavy atom. The number of aromatic nitrogens is 1. The van der Waals surface area contributed by atoms with Gasteiger partial charge in [0.25, 0.3) is 5.91 Å². The van der Waals surface area contributed by atoms with Gasteiger partial charge in [-0.2, -0.15) is 0 Å². The van der Waals surface area contributed by atoms with Crippen LogP contribution in [0.4, 0.5) is 5.69 Å². The lowest BCUT2D eigenvalue weighted by Gasteiger charge is -2.20. The van der Waals surface area contributed by atoms with E-state index in [1.54, 1.807) is 23.1 Å². The number of carboxylic acids is 1. The average Bonchev–Trinajstić information content (AvgIpc) is 2.64. The highest BCUT2D eigenvalue weighted by molar-refractivity contribution is 6.24. The Morgan fingerprint density at radius 3 is 2.69 bits per heavy atom. The Labute approximate surface area is 150 Å². The summed E-state index contributed by atoms with van der Waals surface area (Å²) in [6, 6.07) is 4.95. The molecule has 1 atom stereocenters. The van der Waals surface area contributed by atoms with Gasteiger partial charge in [0.15, 0.2) is 11.7 Å². The molecule has 0 bridgehead atoms. The molecule has 26 heavy (non-hydrogen) atoms. The van der Waals surface area contributed by atoms with Gasteiger partial charge in [-0.1, -0.05) is 13.0 Å². The van der Waals surface area contributed by atoms with Crippen LogP contribution in [0.5, 0.6) is 0 Å². The Balaban J connectivity index is 2.03. The van der Waals surface area contributed by atoms with Crippen LogP contribution >= 0.6 is 0 Å². The number of pyridine rings is 1. The van der Waals surface area contributed by atoms with E-state index in [1.165, 1.54) is 6.20 Å². The van der Waals surface area contributed by atoms with Crippen LogP contribution in [0, 0.1) is 5.92 Å². The lowest BCUT2D eigenvalue weighted by Crippen LogP contribution is -2.31. The van der Waals surface area contributed by atoms with Gasteiger partial charge in [-0.3, -0.25) is 24.4 Å². The molecule has 3 rings (SSSR count). The number of aliphatic carboxylic acids is 1. The number of rotatable bonds is 5. The molecule has 7 heteroatoms. The van der Waals surface area contributed by atoms with Gasteiger partial charge in [-0.25, -0.2) is 0 Å². The molecule has 0 fully saturated rings. The number of hydrogen-bond acceptors (Lipinski definition) is 5. The van der Waals surface area contributed by atoms with Gasteiger partial charge >= 0.3 is 5.97 Å². The van der Waals surface area contributed by atoms with Crippen LogP contribution < -0.4 is 0 Å². The number of nitrogens with zero attached hydrogens (tertiary/aromatic N) is 3. The summed E-state index contributed by atoms with van der Waals surface area (Å²) in [5.74, 6) is -3.10. The van der Waals surface area contributed by atoms with Crippen LogP contribution in [0.15, 0.2) is 29.4 Å². The first-order chi connectivity index (χ1) is 12.5. The molecule has 7 nitrogen and oxygen atoms in total. The molecule has 2 heterocycles. The fraction of sp³-hybridized carbons (Fsp3) is 0.316. The maximum atomic E-state index is 12.6. The van der Waals surface area contributed by atoms with Gasteiger partial charge in [0.05, 0.1) is 16.8 Å². The van der Waals surface area contributed by atoms with Crippen molar-refractivity contribution < 1.29 is 19.5 Å². The number of ketones is 1. The monoisotopic (exact) mass is 353 g/mol. The van der Waals surface area contributed by atoms with Crippen LogP contribution in [0.25, 0.3) is 10.9 Å². The van der Waals surface area contributed by atoms with Crippen LogP contribution in [-0.4, -0.2) is 52.0 Å². The van der Waals surface area contributed by atoms with Crippen LogP contribution in [0.1, 0.15) is 41.0 Å². The first kappa shape index (κ1) is 17.7. The van der Waals surface area contributed by atoms with E-state index < -0.39 is 17.7 Å². The molecule has 0 radical (unpaired) electrons. The van der Waals surface area contributed by atoms with E-state index >= 15 is 0 Å². The minimum Gasteiger partial charge on any atom is -0.480 e. The molecule has 1 unspecified atom stereocenters. The number of amides is 1. The van der Waals surface area contributed by atoms with E-state index in [-0.39, 0.29) is 11.5 Å². The zero-order chi connectivity index (χ0) is 18.8. The van der Waals surface area contributed by atoms with E-state index in [1.807, 2.05) is 13.8 Å². The topological polar surface area (TPSA) is 99.9 Å². The third-order valence-corrected chi connectivity index (χ3v) is 4.40. The predicted octanol–water partition coefficient (Wildman–Crippen LogP) is 2.71. The maximum absolute atomic E-state index is 12.6. The summed E-state index contributed by atoms with van der Waals surface area (Å²) in [5.41, 5.74) is 1.54. The molecule has 0 spiro atoms. The summed E-state index contributed by atoms with van der Waals surface area (Å²) in [4.78, 5) is 46.3. The molecule has 1 amide bonds. The average molecular weight is 353 g/mol. The van der Waals surface area contributed by atoms with Gasteiger partial charge in [0.1, 0.15) is 0 Å². The standard InChI is InChI=1S/C19H19N3O4/c1-3-7-22(4-2)18(24)12-8-11-5-6-13-16(15(11)20-9-12)21-10-14(17(13)23)19(25)26/h5-6,8-10,14H,3-4,7H2,1-2H3,(H,25,26). The number of benzene rings is 1. The molecule has 2 aromatic rings. The number of carbonyl (C=O) groups is 3. The number of carbonyl (C=O) groups excluding carboxylic acids is 2. The summed E-state index contributed by atoms with van der Waals surface area (Å²) in [6.45, 7) is 5.23. The van der Waals surface area contributed by atoms with Crippen molar-refractivity contribution in [2.24, 2.45) is 10.9 Å². The summed E-state index contributed by atoms with van der Waals surface area (Å²) in [7, 11) is 0. The smallest absolute Gasteiger partial charge is 0.319 e. The van der Waals surface area contributed by atoms with Gasteiger partial charge in [-0.05, 0) is 25.5 Å². The SMILES string of the molecule is CCCN(CC)C(=O)c1cnc2c3c(ccc2c1)C(=O)C(C(=O)O)C=N3. The number of hydrogen-bond donors (Lipinski definition) is 1. The van der Waals surface area contributed by atoms with E-state index in [4.69, 9.17) is 5.11 Å². The Kier molecular flexibility index (Phi) is 4.79. The minimum atomic E-state index is -1.27. The highest BCUT2D eigenvalue weighted by Gasteiger charge is 2.31. The number of fused-ring (bicyclic) bond motifs is 3. The molecule has 134 valence electrons. The second-order valence-electron chi connectivity index (χ2n) is 6.10. The number of carboxylic acid groups (broad SMARTS) is 1. The van der Waals surface area contributed by atoms with Crippen molar-refractivity contribution in [3.8, 4) is 0 Å². The summed E-state index contributed by atoms with van der Waals surface area (Å²) < 4.78 is 0. The maximum Gasteiger partial charge on any atom is 0.319 e. The number of aliphatic imine (C=N–C) groups is 1. The van der Waals surface area contributed by atoms with Crippen molar-refractivity contribution >= 4 is 40.5 Å². The predicted molar refractivity (Wildman–Crippen MR) is 97.2 cm³/mol. The fourth-order valence-corrected chi connectivity index (χ4v) is 3.05. The lowest BCUT2D eigenvalue weighted by atomic mass is 9.93. The molecule has 0 aliphatic carbocycles. The van der Waals surface area contributed by atoms with Crippen molar-refractivity contribution in [3.05, 3.63) is 35.5 Å². The summed E-state index contributed by atoms with van der Waals surface area (Å²) in [5, 5.41) is 9.78. The molecular formula is C19H19N3O4. The van der Waals surface area contributed by atoms with Gasteiger partial charge in [0.2, 0.25) is 0 Å². The normalized spacial score (nSPS) is 15.8. The van der Waals surface area contributed by atoms with Crippen LogP contribution in [-0.2, 0) is 4.79 Å². The second kappa shape index (κ2) is 7.03. The van der Waals surface area contributed by atoms with Crippen molar-refractivity contribution in [2.75, 3.05) is 13.1 Å². The van der Waals surface area contributed by atoms with Crippen molar-refractivity contribution in [1.82, 2.24) is 9.88 Å². The van der Waals surface area contributed by atoms with Gasteiger partial charge < -0.3 is 10.0 Å². The third-order valence-electron chi connectivity index (χ3n) is 4.40. The fourth-order valence-electron chi connectivity index (χ4n) is 3.05. The Bertz CT molecular complexity index is 936. The highest BCUT2D eigenvalue weighted by atomic mass is 16.4. The Hall–Kier alpha value is -3.09. The van der Waals surface area contributed by atoms with E-state index in [9.17, 15) is 14.4 Å². The molecule has 0 saturated heterocycles. The molecule has 0 saturated carbocycles. The van der Waals surface area contributed by atoms with E-state index in [0.717, 1.165) is 12.6 Å². The highest BCUT2D eigenvalue weighted by Crippen LogP contribution is 2.33. The zero-order valence-corrected chi connectivity index (χ0v) is 14.6. The van der Waals surface area contributed by atoms with Crippen LogP contribution in [0.3, 0.4) is 0 Å². The first-order valence-electron chi connectivity index (χ1n) is 8.51. The second-order valence-corrected chi connectivity index (χ2v) is 6.10.